The van der Waals surface area contributed by atoms with Gasteiger partial charge in [-0.05, 0) is 90.3 Å². The van der Waals surface area contributed by atoms with Gasteiger partial charge in [0.15, 0.2) is 11.5 Å². The highest BCUT2D eigenvalue weighted by molar-refractivity contribution is 6.31. The minimum absolute atomic E-state index is 0.111. The van der Waals surface area contributed by atoms with E-state index < -0.39 is 5.60 Å². The van der Waals surface area contributed by atoms with Crippen LogP contribution in [0.5, 0.6) is 0 Å². The van der Waals surface area contributed by atoms with E-state index in [0.29, 0.717) is 41.7 Å². The summed E-state index contributed by atoms with van der Waals surface area (Å²) < 4.78 is 15.5. The van der Waals surface area contributed by atoms with Crippen LogP contribution in [0.15, 0.2) is 71.4 Å². The summed E-state index contributed by atoms with van der Waals surface area (Å²) in [5, 5.41) is 15.1. The maximum absolute atomic E-state index is 14.2. The van der Waals surface area contributed by atoms with E-state index in [9.17, 15) is 9.59 Å². The largest absolute Gasteiger partial charge is 0.456 e. The Balaban J connectivity index is 0.946. The standard InChI is InChI=1S/C42H47ClN8O4/c1-25-18-33(41(53)54-42(4,5)6)26(2)49(25)20-28-21-51(47-45-28)29-12-11-17-48(22-29)23-30-19-37(46-55-30)40(52)50-24-34(31-13-7-9-15-35(31)43)38-32-14-8-10-16-36(32)44-39(38)27(50)3/h7-10,13-16,18-19,21,27,29,34,44H,11-12,17,20,22-24H2,1-6H3. The molecule has 6 heterocycles. The number of benzene rings is 2. The molecule has 286 valence electrons. The van der Waals surface area contributed by atoms with Crippen LogP contribution < -0.4 is 0 Å². The van der Waals surface area contributed by atoms with Crippen LogP contribution in [0.25, 0.3) is 10.9 Å². The number of H-pyrrole nitrogens is 1. The van der Waals surface area contributed by atoms with Gasteiger partial charge in [0.2, 0.25) is 0 Å². The van der Waals surface area contributed by atoms with Gasteiger partial charge < -0.3 is 23.7 Å². The molecular formula is C42H47ClN8O4. The van der Waals surface area contributed by atoms with Crippen LogP contribution in [0.1, 0.15) is 119 Å². The van der Waals surface area contributed by atoms with E-state index in [2.05, 4.69) is 49.0 Å². The lowest BCUT2D eigenvalue weighted by Gasteiger charge is -2.38. The monoisotopic (exact) mass is 762 g/mol. The normalized spacial score (nSPS) is 19.2. The summed E-state index contributed by atoms with van der Waals surface area (Å²) in [4.78, 5) is 34.8. The van der Waals surface area contributed by atoms with Gasteiger partial charge in [-0.15, -0.1) is 5.10 Å². The van der Waals surface area contributed by atoms with Crippen LogP contribution in [0.3, 0.4) is 0 Å². The number of aryl methyl sites for hydroxylation is 1. The van der Waals surface area contributed by atoms with Gasteiger partial charge in [-0.2, -0.15) is 0 Å². The van der Waals surface area contributed by atoms with Crippen molar-refractivity contribution in [2.24, 2.45) is 0 Å². The second kappa shape index (κ2) is 14.5. The zero-order valence-electron chi connectivity index (χ0n) is 32.2. The molecule has 12 nitrogen and oxygen atoms in total. The Morgan fingerprint density at radius 2 is 1.82 bits per heavy atom. The first-order valence-corrected chi connectivity index (χ1v) is 19.4. The lowest BCUT2D eigenvalue weighted by molar-refractivity contribution is 0.00684. The van der Waals surface area contributed by atoms with Crippen molar-refractivity contribution in [3.8, 4) is 0 Å². The van der Waals surface area contributed by atoms with Crippen LogP contribution in [-0.4, -0.2) is 76.6 Å². The number of hydrogen-bond acceptors (Lipinski definition) is 8. The second-order valence-corrected chi connectivity index (χ2v) is 16.4. The molecule has 6 aromatic rings. The molecule has 1 saturated heterocycles. The van der Waals surface area contributed by atoms with E-state index in [0.717, 1.165) is 65.2 Å². The summed E-state index contributed by atoms with van der Waals surface area (Å²) in [5.41, 5.74) is 7.12. The van der Waals surface area contributed by atoms with Gasteiger partial charge in [0, 0.05) is 58.1 Å². The lowest BCUT2D eigenvalue weighted by Crippen LogP contribution is -2.41. The highest BCUT2D eigenvalue weighted by Gasteiger charge is 2.39. The number of halogens is 1. The van der Waals surface area contributed by atoms with Crippen molar-refractivity contribution < 1.29 is 18.8 Å². The third-order valence-corrected chi connectivity index (χ3v) is 11.4. The van der Waals surface area contributed by atoms with Crippen molar-refractivity contribution >= 4 is 34.4 Å². The Morgan fingerprint density at radius 1 is 1.04 bits per heavy atom. The molecule has 3 atom stereocenters. The number of fused-ring (bicyclic) bond motifs is 3. The number of likely N-dealkylation sites (tertiary alicyclic amines) is 1. The summed E-state index contributed by atoms with van der Waals surface area (Å²) in [7, 11) is 0. The third kappa shape index (κ3) is 7.20. The Labute approximate surface area is 325 Å². The van der Waals surface area contributed by atoms with Gasteiger partial charge in [-0.1, -0.05) is 58.4 Å². The average molecular weight is 763 g/mol. The zero-order chi connectivity index (χ0) is 38.6. The van der Waals surface area contributed by atoms with Gasteiger partial charge in [0.1, 0.15) is 11.3 Å². The number of piperidine rings is 1. The molecule has 1 fully saturated rings. The molecular weight excluding hydrogens is 716 g/mol. The molecule has 1 amide bonds. The van der Waals surface area contributed by atoms with Crippen LogP contribution >= 0.6 is 11.6 Å². The second-order valence-electron chi connectivity index (χ2n) is 16.0. The molecule has 0 spiro atoms. The fourth-order valence-electron chi connectivity index (χ4n) is 8.32. The van der Waals surface area contributed by atoms with E-state index >= 15 is 0 Å². The molecule has 2 aliphatic rings. The number of aromatic nitrogens is 6. The minimum Gasteiger partial charge on any atom is -0.456 e. The quantitative estimate of drug-likeness (QED) is 0.155. The summed E-state index contributed by atoms with van der Waals surface area (Å²) in [6.45, 7) is 14.7. The first-order chi connectivity index (χ1) is 26.3. The number of amides is 1. The Kier molecular flexibility index (Phi) is 9.67. The predicted molar refractivity (Wildman–Crippen MR) is 209 cm³/mol. The summed E-state index contributed by atoms with van der Waals surface area (Å²) >= 11 is 6.77. The van der Waals surface area contributed by atoms with E-state index in [4.69, 9.17) is 20.9 Å². The maximum atomic E-state index is 14.2. The fourth-order valence-corrected chi connectivity index (χ4v) is 8.59. The van der Waals surface area contributed by atoms with Crippen molar-refractivity contribution in [1.29, 1.82) is 0 Å². The van der Waals surface area contributed by atoms with Crippen LogP contribution in [0.4, 0.5) is 0 Å². The van der Waals surface area contributed by atoms with Crippen molar-refractivity contribution in [3.05, 3.63) is 123 Å². The van der Waals surface area contributed by atoms with Crippen LogP contribution in [0, 0.1) is 13.8 Å². The van der Waals surface area contributed by atoms with Crippen LogP contribution in [0.2, 0.25) is 5.02 Å². The highest BCUT2D eigenvalue weighted by atomic mass is 35.5. The molecule has 2 aromatic carbocycles. The molecule has 0 aliphatic carbocycles. The third-order valence-electron chi connectivity index (χ3n) is 11.0. The Bertz CT molecular complexity index is 2380. The number of aromatic amines is 1. The fraction of sp³-hybridized carbons (Fsp3) is 0.405. The Hall–Kier alpha value is -5.20. The average Bonchev–Trinajstić information content (AvgIpc) is 3.96. The van der Waals surface area contributed by atoms with Crippen molar-refractivity contribution in [2.75, 3.05) is 19.6 Å². The molecule has 0 bridgehead atoms. The summed E-state index contributed by atoms with van der Waals surface area (Å²) in [6.07, 6.45) is 3.95. The van der Waals surface area contributed by atoms with E-state index in [-0.39, 0.29) is 29.9 Å². The molecule has 13 heteroatoms. The number of hydrogen-bond donors (Lipinski definition) is 1. The predicted octanol–water partition coefficient (Wildman–Crippen LogP) is 8.01. The minimum atomic E-state index is -0.568. The van der Waals surface area contributed by atoms with Gasteiger partial charge >= 0.3 is 5.97 Å². The Morgan fingerprint density at radius 3 is 2.62 bits per heavy atom. The zero-order valence-corrected chi connectivity index (χ0v) is 32.9. The van der Waals surface area contributed by atoms with Gasteiger partial charge in [-0.25, -0.2) is 9.48 Å². The number of rotatable bonds is 8. The van der Waals surface area contributed by atoms with Crippen molar-refractivity contribution in [2.45, 2.75) is 91.1 Å². The number of esters is 1. The molecule has 55 heavy (non-hydrogen) atoms. The summed E-state index contributed by atoms with van der Waals surface area (Å²) in [6, 6.07) is 19.7. The molecule has 0 radical (unpaired) electrons. The van der Waals surface area contributed by atoms with E-state index in [1.54, 1.807) is 6.07 Å². The lowest BCUT2D eigenvalue weighted by atomic mass is 9.83. The first kappa shape index (κ1) is 36.8. The number of nitrogens with zero attached hydrogens (tertiary/aromatic N) is 7. The smallest absolute Gasteiger partial charge is 0.340 e. The number of para-hydroxylation sites is 1. The molecule has 1 N–H and O–H groups in total. The summed E-state index contributed by atoms with van der Waals surface area (Å²) in [5.74, 6) is 0.0243. The molecule has 3 unspecified atom stereocenters. The molecule has 2 aliphatic heterocycles. The topological polar surface area (TPSA) is 127 Å². The van der Waals surface area contributed by atoms with Gasteiger partial charge in [0.05, 0.1) is 36.9 Å². The van der Waals surface area contributed by atoms with Crippen LogP contribution in [-0.2, 0) is 17.8 Å². The number of ether oxygens (including phenoxy) is 1. The number of carbonyl (C=O) groups is 2. The van der Waals surface area contributed by atoms with Crippen molar-refractivity contribution in [1.82, 2.24) is 39.5 Å². The SMILES string of the molecule is Cc1cc(C(=O)OC(C)(C)C)c(C)n1Cc1cn(C2CCCN(Cc3cc(C(=O)N4CC(c5ccccc5Cl)c5c([nH]c6ccccc56)C4C)no3)C2)nn1. The molecule has 4 aromatic heterocycles. The van der Waals surface area contributed by atoms with E-state index in [1.165, 1.54) is 5.56 Å². The first-order valence-electron chi connectivity index (χ1n) is 19.0. The highest BCUT2D eigenvalue weighted by Crippen LogP contribution is 2.45. The van der Waals surface area contributed by atoms with Gasteiger partial charge in [0.25, 0.3) is 5.91 Å². The number of carbonyl (C=O) groups excluding carboxylic acids is 2. The molecule has 0 saturated carbocycles. The maximum Gasteiger partial charge on any atom is 0.340 e. The molecule has 8 rings (SSSR count). The van der Waals surface area contributed by atoms with E-state index in [1.807, 2.05) is 92.9 Å². The number of nitrogens with one attached hydrogen (secondary N) is 1. The van der Waals surface area contributed by atoms with Crippen molar-refractivity contribution in [3.63, 3.8) is 0 Å². The van der Waals surface area contributed by atoms with Gasteiger partial charge in [-0.3, -0.25) is 9.69 Å².